The van der Waals surface area contributed by atoms with Gasteiger partial charge < -0.3 is 10.6 Å². The van der Waals surface area contributed by atoms with E-state index in [1.807, 2.05) is 12.1 Å². The van der Waals surface area contributed by atoms with Gasteiger partial charge in [0, 0.05) is 24.1 Å². The van der Waals surface area contributed by atoms with Crippen LogP contribution in [-0.2, 0) is 9.59 Å². The summed E-state index contributed by atoms with van der Waals surface area (Å²) in [6.07, 6.45) is 6.58. The number of carbonyl (C=O) groups is 2. The molecule has 4 nitrogen and oxygen atoms in total. The minimum absolute atomic E-state index is 0.0175. The summed E-state index contributed by atoms with van der Waals surface area (Å²) in [6.45, 7) is 7.25. The molecule has 1 aromatic rings. The van der Waals surface area contributed by atoms with E-state index in [4.69, 9.17) is 0 Å². The van der Waals surface area contributed by atoms with Gasteiger partial charge in [-0.05, 0) is 55.7 Å². The Morgan fingerprint density at radius 3 is 2.08 bits per heavy atom. The predicted molar refractivity (Wildman–Crippen MR) is 107 cm³/mol. The Morgan fingerprint density at radius 1 is 0.962 bits per heavy atom. The van der Waals surface area contributed by atoms with Gasteiger partial charge in [-0.3, -0.25) is 9.59 Å². The first kappa shape index (κ1) is 20.5. The molecule has 1 aliphatic carbocycles. The standard InChI is InChI=1S/C22H34N2O2/c1-4-5-6-15-23-21(25)18-7-9-19(10-8-18)22(26)24-20-13-11-17(12-14-20)16(2)3/h11-14,16,18-19H,4-10,15H2,1-3H3,(H,23,25)(H,24,26). The maximum Gasteiger partial charge on any atom is 0.227 e. The van der Waals surface area contributed by atoms with Crippen molar-refractivity contribution in [2.75, 3.05) is 11.9 Å². The van der Waals surface area contributed by atoms with Crippen LogP contribution in [0.4, 0.5) is 5.69 Å². The minimum Gasteiger partial charge on any atom is -0.356 e. The average molecular weight is 359 g/mol. The molecular formula is C22H34N2O2. The summed E-state index contributed by atoms with van der Waals surface area (Å²) in [7, 11) is 0. The molecule has 0 aromatic heterocycles. The van der Waals surface area contributed by atoms with Gasteiger partial charge in [0.2, 0.25) is 11.8 Å². The van der Waals surface area contributed by atoms with Crippen LogP contribution in [0.3, 0.4) is 0 Å². The Morgan fingerprint density at radius 2 is 1.54 bits per heavy atom. The van der Waals surface area contributed by atoms with Crippen LogP contribution in [0.15, 0.2) is 24.3 Å². The van der Waals surface area contributed by atoms with E-state index in [1.165, 1.54) is 5.56 Å². The Kier molecular flexibility index (Phi) is 8.14. The summed E-state index contributed by atoms with van der Waals surface area (Å²) < 4.78 is 0. The Hall–Kier alpha value is -1.84. The first-order chi connectivity index (χ1) is 12.5. The van der Waals surface area contributed by atoms with Crippen LogP contribution < -0.4 is 10.6 Å². The summed E-state index contributed by atoms with van der Waals surface area (Å²) in [5, 5.41) is 6.08. The summed E-state index contributed by atoms with van der Waals surface area (Å²) >= 11 is 0. The number of hydrogen-bond acceptors (Lipinski definition) is 2. The van der Waals surface area contributed by atoms with E-state index in [2.05, 4.69) is 43.5 Å². The molecule has 1 aromatic carbocycles. The van der Waals surface area contributed by atoms with Gasteiger partial charge in [0.15, 0.2) is 0 Å². The topological polar surface area (TPSA) is 58.2 Å². The normalized spacial score (nSPS) is 20.0. The second-order valence-corrected chi connectivity index (χ2v) is 7.81. The van der Waals surface area contributed by atoms with E-state index < -0.39 is 0 Å². The molecule has 0 saturated heterocycles. The van der Waals surface area contributed by atoms with Gasteiger partial charge in [0.25, 0.3) is 0 Å². The van der Waals surface area contributed by atoms with Crippen molar-refractivity contribution in [3.63, 3.8) is 0 Å². The van der Waals surface area contributed by atoms with Crippen LogP contribution in [0.2, 0.25) is 0 Å². The monoisotopic (exact) mass is 358 g/mol. The van der Waals surface area contributed by atoms with Gasteiger partial charge in [-0.2, -0.15) is 0 Å². The number of carbonyl (C=O) groups excluding carboxylic acids is 2. The second kappa shape index (κ2) is 10.3. The zero-order chi connectivity index (χ0) is 18.9. The van der Waals surface area contributed by atoms with E-state index in [-0.39, 0.29) is 23.7 Å². The third-order valence-electron chi connectivity index (χ3n) is 5.39. The van der Waals surface area contributed by atoms with Crippen molar-refractivity contribution < 1.29 is 9.59 Å². The van der Waals surface area contributed by atoms with Crippen LogP contribution in [0.1, 0.15) is 77.2 Å². The summed E-state index contributed by atoms with van der Waals surface area (Å²) in [4.78, 5) is 24.7. The highest BCUT2D eigenvalue weighted by atomic mass is 16.2. The van der Waals surface area contributed by atoms with Crippen LogP contribution in [0.25, 0.3) is 0 Å². The number of hydrogen-bond donors (Lipinski definition) is 2. The van der Waals surface area contributed by atoms with E-state index in [1.54, 1.807) is 0 Å². The van der Waals surface area contributed by atoms with Gasteiger partial charge in [0.05, 0.1) is 0 Å². The molecular weight excluding hydrogens is 324 g/mol. The Balaban J connectivity index is 1.74. The van der Waals surface area contributed by atoms with E-state index in [0.717, 1.165) is 57.2 Å². The smallest absolute Gasteiger partial charge is 0.227 e. The van der Waals surface area contributed by atoms with Crippen molar-refractivity contribution in [1.29, 1.82) is 0 Å². The third-order valence-corrected chi connectivity index (χ3v) is 5.39. The SMILES string of the molecule is CCCCCNC(=O)C1CCC(C(=O)Nc2ccc(C(C)C)cc2)CC1. The van der Waals surface area contributed by atoms with Gasteiger partial charge in [0.1, 0.15) is 0 Å². The molecule has 144 valence electrons. The highest BCUT2D eigenvalue weighted by Crippen LogP contribution is 2.30. The molecule has 26 heavy (non-hydrogen) atoms. The zero-order valence-corrected chi connectivity index (χ0v) is 16.5. The molecule has 0 radical (unpaired) electrons. The molecule has 0 aliphatic heterocycles. The average Bonchev–Trinajstić information content (AvgIpc) is 2.65. The fourth-order valence-corrected chi connectivity index (χ4v) is 3.54. The van der Waals surface area contributed by atoms with Gasteiger partial charge in [-0.15, -0.1) is 0 Å². The van der Waals surface area contributed by atoms with E-state index in [0.29, 0.717) is 5.92 Å². The van der Waals surface area contributed by atoms with Crippen molar-refractivity contribution >= 4 is 17.5 Å². The number of amides is 2. The summed E-state index contributed by atoms with van der Waals surface area (Å²) in [5.74, 6) is 0.839. The lowest BCUT2D eigenvalue weighted by atomic mass is 9.81. The van der Waals surface area contributed by atoms with Crippen LogP contribution in [0.5, 0.6) is 0 Å². The summed E-state index contributed by atoms with van der Waals surface area (Å²) in [6, 6.07) is 8.09. The zero-order valence-electron chi connectivity index (χ0n) is 16.5. The van der Waals surface area contributed by atoms with Gasteiger partial charge in [-0.25, -0.2) is 0 Å². The molecule has 2 N–H and O–H groups in total. The lowest BCUT2D eigenvalue weighted by Crippen LogP contribution is -2.35. The predicted octanol–water partition coefficient (Wildman–Crippen LogP) is 4.86. The molecule has 0 heterocycles. The lowest BCUT2D eigenvalue weighted by Gasteiger charge is -2.27. The second-order valence-electron chi connectivity index (χ2n) is 7.81. The molecule has 0 atom stereocenters. The molecule has 1 fully saturated rings. The van der Waals surface area contributed by atoms with Gasteiger partial charge in [-0.1, -0.05) is 45.7 Å². The van der Waals surface area contributed by atoms with Crippen molar-refractivity contribution in [2.24, 2.45) is 11.8 Å². The maximum atomic E-state index is 12.5. The molecule has 1 aliphatic rings. The number of benzene rings is 1. The lowest BCUT2D eigenvalue weighted by molar-refractivity contribution is -0.128. The van der Waals surface area contributed by atoms with E-state index >= 15 is 0 Å². The number of rotatable bonds is 8. The number of nitrogens with one attached hydrogen (secondary N) is 2. The molecule has 0 unspecified atom stereocenters. The molecule has 2 amide bonds. The fraction of sp³-hybridized carbons (Fsp3) is 0.636. The third kappa shape index (κ3) is 6.15. The van der Waals surface area contributed by atoms with Crippen LogP contribution in [0, 0.1) is 11.8 Å². The quantitative estimate of drug-likeness (QED) is 0.652. The minimum atomic E-state index is 0.0175. The van der Waals surface area contributed by atoms with Crippen molar-refractivity contribution in [1.82, 2.24) is 5.32 Å². The fourth-order valence-electron chi connectivity index (χ4n) is 3.54. The molecule has 4 heteroatoms. The highest BCUT2D eigenvalue weighted by Gasteiger charge is 2.29. The summed E-state index contributed by atoms with van der Waals surface area (Å²) in [5.41, 5.74) is 2.13. The molecule has 0 bridgehead atoms. The van der Waals surface area contributed by atoms with Gasteiger partial charge >= 0.3 is 0 Å². The largest absolute Gasteiger partial charge is 0.356 e. The molecule has 0 spiro atoms. The van der Waals surface area contributed by atoms with Crippen LogP contribution in [-0.4, -0.2) is 18.4 Å². The Labute approximate surface area is 158 Å². The first-order valence-electron chi connectivity index (χ1n) is 10.2. The first-order valence-corrected chi connectivity index (χ1v) is 10.2. The van der Waals surface area contributed by atoms with Crippen molar-refractivity contribution in [3.8, 4) is 0 Å². The Bertz CT molecular complexity index is 572. The molecule has 1 saturated carbocycles. The molecule has 2 rings (SSSR count). The van der Waals surface area contributed by atoms with Crippen molar-refractivity contribution in [3.05, 3.63) is 29.8 Å². The number of unbranched alkanes of at least 4 members (excludes halogenated alkanes) is 2. The highest BCUT2D eigenvalue weighted by molar-refractivity contribution is 5.92. The van der Waals surface area contributed by atoms with E-state index in [9.17, 15) is 9.59 Å². The van der Waals surface area contributed by atoms with Crippen molar-refractivity contribution in [2.45, 2.75) is 71.6 Å². The number of anilines is 1. The van der Waals surface area contributed by atoms with Crippen LogP contribution >= 0.6 is 0 Å². The maximum absolute atomic E-state index is 12.5.